The quantitative estimate of drug-likeness (QED) is 0.380. The maximum atomic E-state index is 12.9. The number of halogens is 2. The lowest BCUT2D eigenvalue weighted by molar-refractivity contribution is -0.383. The molecule has 0 bridgehead atoms. The number of hydrogen-bond acceptors (Lipinski definition) is 10. The molecule has 0 aliphatic rings. The number of rotatable bonds is 2. The predicted molar refractivity (Wildman–Crippen MR) is 76.8 cm³/mol. The Hall–Kier alpha value is -4.10. The van der Waals surface area contributed by atoms with Gasteiger partial charge in [0.15, 0.2) is 22.7 Å². The van der Waals surface area contributed by atoms with Gasteiger partial charge in [-0.1, -0.05) is 0 Å². The first-order valence-electron chi connectivity index (χ1n) is 6.50. The van der Waals surface area contributed by atoms with Crippen LogP contribution in [-0.2, 0) is 0 Å². The molecule has 0 unspecified atom stereocenters. The first kappa shape index (κ1) is 16.7. The summed E-state index contributed by atoms with van der Waals surface area (Å²) in [5, 5.41) is 33.7. The highest BCUT2D eigenvalue weighted by molar-refractivity contribution is 5.84. The van der Waals surface area contributed by atoms with Crippen molar-refractivity contribution in [1.29, 1.82) is 0 Å². The van der Waals surface area contributed by atoms with Crippen LogP contribution in [0.1, 0.15) is 0 Å². The lowest BCUT2D eigenvalue weighted by atomic mass is 10.2. The van der Waals surface area contributed by atoms with Crippen LogP contribution < -0.4 is 0 Å². The highest BCUT2D eigenvalue weighted by Gasteiger charge is 2.20. The Balaban J connectivity index is 0.000000151. The zero-order chi connectivity index (χ0) is 18.8. The second kappa shape index (κ2) is 6.42. The zero-order valence-electron chi connectivity index (χ0n) is 12.2. The number of non-ortho nitro benzene ring substituents is 2. The van der Waals surface area contributed by atoms with Gasteiger partial charge in [-0.3, -0.25) is 20.2 Å². The SMILES string of the molecule is O=[N+]([O-])c1ccc(F)c2nonc12.O=[N+]([O-])c1ccc(F)c2nonc12. The lowest BCUT2D eigenvalue weighted by Crippen LogP contribution is -1.90. The first-order valence-corrected chi connectivity index (χ1v) is 6.50. The normalized spacial score (nSPS) is 10.5. The zero-order valence-corrected chi connectivity index (χ0v) is 12.2. The van der Waals surface area contributed by atoms with E-state index in [4.69, 9.17) is 0 Å². The van der Waals surface area contributed by atoms with E-state index in [0.29, 0.717) is 0 Å². The third kappa shape index (κ3) is 2.85. The molecule has 14 heteroatoms. The molecule has 0 atom stereocenters. The number of fused-ring (bicyclic) bond motifs is 2. The molecule has 26 heavy (non-hydrogen) atoms. The molecule has 0 spiro atoms. The van der Waals surface area contributed by atoms with Crippen molar-refractivity contribution in [3.05, 3.63) is 56.1 Å². The molecule has 0 aliphatic heterocycles. The minimum atomic E-state index is -0.693. The van der Waals surface area contributed by atoms with Crippen molar-refractivity contribution >= 4 is 33.4 Å². The van der Waals surface area contributed by atoms with E-state index in [0.717, 1.165) is 24.3 Å². The third-order valence-corrected chi connectivity index (χ3v) is 3.08. The van der Waals surface area contributed by atoms with E-state index in [1.54, 1.807) is 0 Å². The van der Waals surface area contributed by atoms with Crippen molar-refractivity contribution in [3.63, 3.8) is 0 Å². The molecule has 0 saturated heterocycles. The first-order chi connectivity index (χ1) is 12.4. The van der Waals surface area contributed by atoms with Gasteiger partial charge < -0.3 is 0 Å². The van der Waals surface area contributed by atoms with Crippen LogP contribution in [0.5, 0.6) is 0 Å². The van der Waals surface area contributed by atoms with Gasteiger partial charge >= 0.3 is 11.4 Å². The highest BCUT2D eigenvalue weighted by Crippen LogP contribution is 2.24. The van der Waals surface area contributed by atoms with Gasteiger partial charge in [0.1, 0.15) is 0 Å². The van der Waals surface area contributed by atoms with Crippen LogP contribution in [0.25, 0.3) is 22.1 Å². The maximum absolute atomic E-state index is 12.9. The van der Waals surface area contributed by atoms with Crippen molar-refractivity contribution in [2.24, 2.45) is 0 Å². The Morgan fingerprint density at radius 3 is 1.38 bits per heavy atom. The minimum Gasteiger partial charge on any atom is -0.258 e. The average Bonchev–Trinajstić information content (AvgIpc) is 3.25. The monoisotopic (exact) mass is 366 g/mol. The fourth-order valence-corrected chi connectivity index (χ4v) is 1.94. The van der Waals surface area contributed by atoms with Gasteiger partial charge in [0.05, 0.1) is 9.85 Å². The number of nitrogens with zero attached hydrogens (tertiary/aromatic N) is 6. The van der Waals surface area contributed by atoms with Crippen molar-refractivity contribution in [3.8, 4) is 0 Å². The summed E-state index contributed by atoms with van der Waals surface area (Å²) in [5.74, 6) is -1.39. The van der Waals surface area contributed by atoms with E-state index < -0.39 is 21.5 Å². The Morgan fingerprint density at radius 1 is 0.692 bits per heavy atom. The molecule has 0 N–H and O–H groups in total. The second-order valence-electron chi connectivity index (χ2n) is 4.57. The number of hydrogen-bond donors (Lipinski definition) is 0. The summed E-state index contributed by atoms with van der Waals surface area (Å²) in [6.45, 7) is 0. The van der Waals surface area contributed by atoms with E-state index in [1.807, 2.05) is 0 Å². The number of aromatic nitrogens is 4. The predicted octanol–water partition coefficient (Wildman–Crippen LogP) is 2.54. The van der Waals surface area contributed by atoms with Crippen molar-refractivity contribution < 1.29 is 27.9 Å². The van der Waals surface area contributed by atoms with Crippen LogP contribution >= 0.6 is 0 Å². The second-order valence-corrected chi connectivity index (χ2v) is 4.57. The molecule has 0 aliphatic carbocycles. The van der Waals surface area contributed by atoms with Crippen LogP contribution in [0.3, 0.4) is 0 Å². The fourth-order valence-electron chi connectivity index (χ4n) is 1.94. The smallest absolute Gasteiger partial charge is 0.258 e. The summed E-state index contributed by atoms with van der Waals surface area (Å²) in [7, 11) is 0. The summed E-state index contributed by atoms with van der Waals surface area (Å²) in [6.07, 6.45) is 0. The average molecular weight is 366 g/mol. The summed E-state index contributed by atoms with van der Waals surface area (Å²) >= 11 is 0. The van der Waals surface area contributed by atoms with Gasteiger partial charge in [-0.15, -0.1) is 0 Å². The van der Waals surface area contributed by atoms with Crippen LogP contribution in [0, 0.1) is 31.9 Å². The van der Waals surface area contributed by atoms with E-state index >= 15 is 0 Å². The van der Waals surface area contributed by atoms with E-state index in [-0.39, 0.29) is 33.4 Å². The van der Waals surface area contributed by atoms with Crippen molar-refractivity contribution in [1.82, 2.24) is 20.6 Å². The molecular formula is C12H4F2N6O6. The molecule has 2 aromatic carbocycles. The topological polar surface area (TPSA) is 164 Å². The van der Waals surface area contributed by atoms with Crippen LogP contribution in [-0.4, -0.2) is 30.5 Å². The Kier molecular flexibility index (Phi) is 4.14. The van der Waals surface area contributed by atoms with E-state index in [9.17, 15) is 29.0 Å². The third-order valence-electron chi connectivity index (χ3n) is 3.08. The Bertz CT molecular complexity index is 1050. The van der Waals surface area contributed by atoms with E-state index in [2.05, 4.69) is 29.9 Å². The van der Waals surface area contributed by atoms with Gasteiger partial charge in [-0.25, -0.2) is 18.0 Å². The molecular weight excluding hydrogens is 362 g/mol. The van der Waals surface area contributed by atoms with Crippen LogP contribution in [0.4, 0.5) is 20.2 Å². The number of nitro benzene ring substituents is 2. The molecule has 132 valence electrons. The molecule has 12 nitrogen and oxygen atoms in total. The largest absolute Gasteiger partial charge is 0.300 e. The van der Waals surface area contributed by atoms with Gasteiger partial charge in [-0.05, 0) is 32.8 Å². The number of benzene rings is 2. The van der Waals surface area contributed by atoms with Gasteiger partial charge in [0.2, 0.25) is 11.0 Å². The molecule has 0 saturated carbocycles. The molecule has 0 fully saturated rings. The summed E-state index contributed by atoms with van der Waals surface area (Å²) < 4.78 is 34.1. The van der Waals surface area contributed by atoms with Gasteiger partial charge in [-0.2, -0.15) is 0 Å². The maximum Gasteiger partial charge on any atom is 0.300 e. The molecule has 2 heterocycles. The van der Waals surface area contributed by atoms with Crippen molar-refractivity contribution in [2.45, 2.75) is 0 Å². The van der Waals surface area contributed by atoms with Gasteiger partial charge in [0.25, 0.3) is 0 Å². The Morgan fingerprint density at radius 2 is 1.04 bits per heavy atom. The summed E-state index contributed by atoms with van der Waals surface area (Å²) in [6, 6.07) is 3.93. The standard InChI is InChI=1S/2C6H2FN3O3/c2*7-3-1-2-4(10(11)12)6-5(3)8-13-9-6/h2*1-2H. The molecule has 0 amide bonds. The molecule has 0 radical (unpaired) electrons. The minimum absolute atomic E-state index is 0.176. The van der Waals surface area contributed by atoms with E-state index in [1.165, 1.54) is 0 Å². The van der Waals surface area contributed by atoms with Crippen molar-refractivity contribution in [2.75, 3.05) is 0 Å². The summed E-state index contributed by atoms with van der Waals surface area (Å²) in [5.41, 5.74) is -1.45. The van der Waals surface area contributed by atoms with Crippen LogP contribution in [0.15, 0.2) is 33.5 Å². The molecule has 4 aromatic rings. The molecule has 4 rings (SSSR count). The van der Waals surface area contributed by atoms with Gasteiger partial charge in [0, 0.05) is 12.1 Å². The van der Waals surface area contributed by atoms with Crippen LogP contribution in [0.2, 0.25) is 0 Å². The molecule has 2 aromatic heterocycles. The number of nitro groups is 2. The highest BCUT2D eigenvalue weighted by atomic mass is 19.1. The Labute approximate surface area is 139 Å². The fraction of sp³-hybridized carbons (Fsp3) is 0. The lowest BCUT2D eigenvalue weighted by Gasteiger charge is -1.90. The summed E-state index contributed by atoms with van der Waals surface area (Å²) in [4.78, 5) is 19.4.